The topological polar surface area (TPSA) is 41.6 Å². The standard InChI is InChI=1S/C12H22N2O2S/c1-10(17-9-11-3-2-8-16-11)12(15)14-6-4-13-5-7-14/h10-11,13H,2-9H2,1H3. The average Bonchev–Trinajstić information content (AvgIpc) is 2.89. The zero-order chi connectivity index (χ0) is 12.1. The van der Waals surface area contributed by atoms with Crippen molar-refractivity contribution in [2.45, 2.75) is 31.1 Å². The van der Waals surface area contributed by atoms with Gasteiger partial charge in [0.25, 0.3) is 0 Å². The zero-order valence-electron chi connectivity index (χ0n) is 10.5. The summed E-state index contributed by atoms with van der Waals surface area (Å²) < 4.78 is 5.57. The van der Waals surface area contributed by atoms with Crippen molar-refractivity contribution in [3.05, 3.63) is 0 Å². The maximum Gasteiger partial charge on any atom is 0.235 e. The highest BCUT2D eigenvalue weighted by Crippen LogP contribution is 2.21. The van der Waals surface area contributed by atoms with Crippen molar-refractivity contribution in [2.24, 2.45) is 0 Å². The Balaban J connectivity index is 1.70. The number of rotatable bonds is 4. The van der Waals surface area contributed by atoms with E-state index < -0.39 is 0 Å². The van der Waals surface area contributed by atoms with Crippen LogP contribution >= 0.6 is 11.8 Å². The van der Waals surface area contributed by atoms with Crippen LogP contribution in [0, 0.1) is 0 Å². The predicted molar refractivity (Wildman–Crippen MR) is 70.3 cm³/mol. The summed E-state index contributed by atoms with van der Waals surface area (Å²) in [5.74, 6) is 1.24. The van der Waals surface area contributed by atoms with E-state index in [-0.39, 0.29) is 11.2 Å². The van der Waals surface area contributed by atoms with Crippen LogP contribution in [0.3, 0.4) is 0 Å². The van der Waals surface area contributed by atoms with Gasteiger partial charge in [0.15, 0.2) is 0 Å². The van der Waals surface area contributed by atoms with Gasteiger partial charge in [-0.2, -0.15) is 0 Å². The molecule has 0 radical (unpaired) electrons. The predicted octanol–water partition coefficient (Wildman–Crippen LogP) is 0.719. The van der Waals surface area contributed by atoms with Crippen molar-refractivity contribution >= 4 is 17.7 Å². The number of hydrogen-bond acceptors (Lipinski definition) is 4. The van der Waals surface area contributed by atoms with Gasteiger partial charge in [0.05, 0.1) is 11.4 Å². The summed E-state index contributed by atoms with van der Waals surface area (Å²) >= 11 is 1.74. The van der Waals surface area contributed by atoms with E-state index >= 15 is 0 Å². The first kappa shape index (κ1) is 13.2. The Morgan fingerprint density at radius 1 is 1.53 bits per heavy atom. The van der Waals surface area contributed by atoms with Crippen molar-refractivity contribution in [1.29, 1.82) is 0 Å². The number of piperazine rings is 1. The minimum Gasteiger partial charge on any atom is -0.377 e. The Morgan fingerprint density at radius 3 is 2.94 bits per heavy atom. The molecule has 17 heavy (non-hydrogen) atoms. The van der Waals surface area contributed by atoms with Crippen LogP contribution in [0.15, 0.2) is 0 Å². The van der Waals surface area contributed by atoms with Crippen LogP contribution in [0.2, 0.25) is 0 Å². The van der Waals surface area contributed by atoms with Crippen LogP contribution < -0.4 is 5.32 Å². The lowest BCUT2D eigenvalue weighted by atomic mass is 10.3. The molecule has 0 aliphatic carbocycles. The van der Waals surface area contributed by atoms with Gasteiger partial charge in [0.1, 0.15) is 0 Å². The molecule has 1 amide bonds. The number of ether oxygens (including phenoxy) is 1. The van der Waals surface area contributed by atoms with Crippen molar-refractivity contribution in [2.75, 3.05) is 38.5 Å². The Labute approximate surface area is 107 Å². The smallest absolute Gasteiger partial charge is 0.235 e. The highest BCUT2D eigenvalue weighted by Gasteiger charge is 2.24. The van der Waals surface area contributed by atoms with Gasteiger partial charge in [-0.25, -0.2) is 0 Å². The zero-order valence-corrected chi connectivity index (χ0v) is 11.3. The third-order valence-electron chi connectivity index (χ3n) is 3.33. The fraction of sp³-hybridized carbons (Fsp3) is 0.917. The summed E-state index contributed by atoms with van der Waals surface area (Å²) in [6.07, 6.45) is 2.70. The number of hydrogen-bond donors (Lipinski definition) is 1. The summed E-state index contributed by atoms with van der Waals surface area (Å²) in [7, 11) is 0. The molecule has 98 valence electrons. The van der Waals surface area contributed by atoms with Crippen LogP contribution in [0.5, 0.6) is 0 Å². The van der Waals surface area contributed by atoms with Gasteiger partial charge in [-0.1, -0.05) is 0 Å². The van der Waals surface area contributed by atoms with Gasteiger partial charge in [-0.05, 0) is 19.8 Å². The number of amides is 1. The van der Waals surface area contributed by atoms with Gasteiger partial charge in [0, 0.05) is 38.5 Å². The van der Waals surface area contributed by atoms with Gasteiger partial charge in [-0.3, -0.25) is 4.79 Å². The molecule has 0 bridgehead atoms. The van der Waals surface area contributed by atoms with E-state index in [2.05, 4.69) is 5.32 Å². The second-order valence-electron chi connectivity index (χ2n) is 4.69. The summed E-state index contributed by atoms with van der Waals surface area (Å²) in [5, 5.41) is 3.33. The largest absolute Gasteiger partial charge is 0.377 e. The van der Waals surface area contributed by atoms with Crippen LogP contribution in [0.1, 0.15) is 19.8 Å². The highest BCUT2D eigenvalue weighted by atomic mass is 32.2. The maximum absolute atomic E-state index is 12.1. The normalized spacial score (nSPS) is 27.1. The molecule has 2 aliphatic heterocycles. The van der Waals surface area contributed by atoms with E-state index in [4.69, 9.17) is 4.74 Å². The summed E-state index contributed by atoms with van der Waals surface area (Å²) in [6, 6.07) is 0. The molecular formula is C12H22N2O2S. The molecule has 0 aromatic heterocycles. The highest BCUT2D eigenvalue weighted by molar-refractivity contribution is 8.00. The van der Waals surface area contributed by atoms with Crippen LogP contribution in [0.25, 0.3) is 0 Å². The SMILES string of the molecule is CC(SCC1CCCO1)C(=O)N1CCNCC1. The number of nitrogens with zero attached hydrogens (tertiary/aromatic N) is 1. The van der Waals surface area contributed by atoms with E-state index in [1.165, 1.54) is 6.42 Å². The monoisotopic (exact) mass is 258 g/mol. The second kappa shape index (κ2) is 6.61. The second-order valence-corrected chi connectivity index (χ2v) is 6.06. The average molecular weight is 258 g/mol. The van der Waals surface area contributed by atoms with E-state index in [0.717, 1.165) is 45.0 Å². The summed E-state index contributed by atoms with van der Waals surface area (Å²) in [6.45, 7) is 6.46. The summed E-state index contributed by atoms with van der Waals surface area (Å²) in [5.41, 5.74) is 0. The van der Waals surface area contributed by atoms with Crippen molar-refractivity contribution < 1.29 is 9.53 Å². The number of thioether (sulfide) groups is 1. The molecule has 2 fully saturated rings. The fourth-order valence-electron chi connectivity index (χ4n) is 2.24. The minimum atomic E-state index is 0.0669. The molecule has 2 saturated heterocycles. The molecule has 4 nitrogen and oxygen atoms in total. The quantitative estimate of drug-likeness (QED) is 0.807. The van der Waals surface area contributed by atoms with Crippen molar-refractivity contribution in [1.82, 2.24) is 10.2 Å². The number of nitrogens with one attached hydrogen (secondary N) is 1. The molecule has 2 atom stereocenters. The molecule has 0 saturated carbocycles. The van der Waals surface area contributed by atoms with E-state index in [1.807, 2.05) is 11.8 Å². The molecule has 0 aromatic rings. The lowest BCUT2D eigenvalue weighted by molar-refractivity contribution is -0.130. The van der Waals surface area contributed by atoms with Gasteiger partial charge in [-0.15, -0.1) is 11.8 Å². The minimum absolute atomic E-state index is 0.0669. The Hall–Kier alpha value is -0.260. The fourth-order valence-corrected chi connectivity index (χ4v) is 3.30. The Bertz CT molecular complexity index is 251. The van der Waals surface area contributed by atoms with Crippen LogP contribution in [0.4, 0.5) is 0 Å². The number of carbonyl (C=O) groups excluding carboxylic acids is 1. The van der Waals surface area contributed by atoms with Crippen LogP contribution in [-0.4, -0.2) is 60.7 Å². The lowest BCUT2D eigenvalue weighted by Crippen LogP contribution is -2.48. The molecule has 5 heteroatoms. The molecule has 2 heterocycles. The van der Waals surface area contributed by atoms with Gasteiger partial charge < -0.3 is 15.0 Å². The first-order chi connectivity index (χ1) is 8.27. The molecule has 2 aliphatic rings. The van der Waals surface area contributed by atoms with E-state index in [1.54, 1.807) is 11.8 Å². The van der Waals surface area contributed by atoms with Gasteiger partial charge in [0.2, 0.25) is 5.91 Å². The van der Waals surface area contributed by atoms with E-state index in [0.29, 0.717) is 6.10 Å². The molecular weight excluding hydrogens is 236 g/mol. The van der Waals surface area contributed by atoms with Crippen molar-refractivity contribution in [3.63, 3.8) is 0 Å². The number of carbonyl (C=O) groups is 1. The summed E-state index contributed by atoms with van der Waals surface area (Å²) in [4.78, 5) is 14.1. The van der Waals surface area contributed by atoms with Gasteiger partial charge >= 0.3 is 0 Å². The molecule has 1 N–H and O–H groups in total. The molecule has 0 aromatic carbocycles. The first-order valence-electron chi connectivity index (χ1n) is 6.50. The van der Waals surface area contributed by atoms with Crippen molar-refractivity contribution in [3.8, 4) is 0 Å². The first-order valence-corrected chi connectivity index (χ1v) is 7.55. The maximum atomic E-state index is 12.1. The lowest BCUT2D eigenvalue weighted by Gasteiger charge is -2.29. The van der Waals surface area contributed by atoms with E-state index in [9.17, 15) is 4.79 Å². The Kier molecular flexibility index (Phi) is 5.13. The third kappa shape index (κ3) is 3.86. The third-order valence-corrected chi connectivity index (χ3v) is 4.60. The molecule has 2 rings (SSSR count). The molecule has 2 unspecified atom stereocenters. The Morgan fingerprint density at radius 2 is 2.29 bits per heavy atom. The molecule has 0 spiro atoms. The van der Waals surface area contributed by atoms with Crippen LogP contribution in [-0.2, 0) is 9.53 Å².